The number of hydrogen-bond acceptors (Lipinski definition) is 2. The average molecular weight is 267 g/mol. The molecule has 1 saturated heterocycles. The van der Waals surface area contributed by atoms with E-state index in [0.29, 0.717) is 5.92 Å². The zero-order valence-corrected chi connectivity index (χ0v) is 12.1. The van der Waals surface area contributed by atoms with Crippen LogP contribution in [0.1, 0.15) is 36.5 Å². The lowest BCUT2D eigenvalue weighted by Crippen LogP contribution is -2.47. The van der Waals surface area contributed by atoms with Crippen molar-refractivity contribution in [2.75, 3.05) is 18.9 Å². The molecule has 0 aliphatic carbocycles. The highest BCUT2D eigenvalue weighted by Gasteiger charge is 2.41. The van der Waals surface area contributed by atoms with Crippen molar-refractivity contribution in [3.63, 3.8) is 0 Å². The Morgan fingerprint density at radius 1 is 0.900 bits per heavy atom. The molecule has 2 nitrogen and oxygen atoms in total. The highest BCUT2D eigenvalue weighted by molar-refractivity contribution is 5.47. The Hall–Kier alpha value is -1.80. The summed E-state index contributed by atoms with van der Waals surface area (Å²) in [6.45, 7) is 5.93. The molecule has 1 aliphatic heterocycles. The van der Waals surface area contributed by atoms with Crippen molar-refractivity contribution in [1.29, 1.82) is 0 Å². The van der Waals surface area contributed by atoms with Gasteiger partial charge in [0.15, 0.2) is 0 Å². The number of ether oxygens (including phenoxy) is 1. The van der Waals surface area contributed by atoms with Crippen molar-refractivity contribution in [2.45, 2.75) is 25.2 Å². The Bertz CT molecular complexity index is 580. The molecule has 20 heavy (non-hydrogen) atoms. The molecule has 1 aliphatic rings. The van der Waals surface area contributed by atoms with E-state index in [-0.39, 0.29) is 5.41 Å². The third-order valence-corrected chi connectivity index (χ3v) is 4.29. The lowest BCUT2D eigenvalue weighted by atomic mass is 9.72. The lowest BCUT2D eigenvalue weighted by Gasteiger charge is -2.42. The third-order valence-electron chi connectivity index (χ3n) is 4.29. The molecule has 0 radical (unpaired) electrons. The van der Waals surface area contributed by atoms with Gasteiger partial charge in [-0.3, -0.25) is 0 Å². The molecule has 2 N–H and O–H groups in total. The summed E-state index contributed by atoms with van der Waals surface area (Å²) >= 11 is 0. The van der Waals surface area contributed by atoms with Crippen LogP contribution < -0.4 is 5.73 Å². The van der Waals surface area contributed by atoms with Crippen LogP contribution in [0, 0.1) is 0 Å². The molecule has 0 unspecified atom stereocenters. The molecule has 1 heterocycles. The molecular formula is C18H21NO. The van der Waals surface area contributed by atoms with Crippen LogP contribution in [0.4, 0.5) is 5.69 Å². The molecule has 2 heteroatoms. The molecule has 2 aromatic carbocycles. The van der Waals surface area contributed by atoms with E-state index in [0.717, 1.165) is 18.9 Å². The van der Waals surface area contributed by atoms with E-state index in [1.807, 2.05) is 12.1 Å². The molecule has 1 fully saturated rings. The second-order valence-corrected chi connectivity index (χ2v) is 5.97. The second kappa shape index (κ2) is 4.95. The van der Waals surface area contributed by atoms with Crippen molar-refractivity contribution < 1.29 is 4.74 Å². The fraction of sp³-hybridized carbons (Fsp3) is 0.333. The Kier molecular flexibility index (Phi) is 3.27. The topological polar surface area (TPSA) is 35.2 Å². The number of nitrogen functional groups attached to an aromatic ring is 1. The smallest absolute Gasteiger partial charge is 0.0669 e. The van der Waals surface area contributed by atoms with Crippen LogP contribution in [0.5, 0.6) is 0 Å². The van der Waals surface area contributed by atoms with E-state index in [1.54, 1.807) is 0 Å². The van der Waals surface area contributed by atoms with Crippen molar-refractivity contribution in [2.24, 2.45) is 0 Å². The average Bonchev–Trinajstić information content (AvgIpc) is 2.40. The minimum absolute atomic E-state index is 0.00318. The van der Waals surface area contributed by atoms with Gasteiger partial charge in [-0.25, -0.2) is 0 Å². The van der Waals surface area contributed by atoms with Gasteiger partial charge in [0.2, 0.25) is 0 Å². The van der Waals surface area contributed by atoms with E-state index < -0.39 is 0 Å². The normalized spacial score (nSPS) is 16.9. The summed E-state index contributed by atoms with van der Waals surface area (Å²) in [6.07, 6.45) is 0. The number of nitrogens with two attached hydrogens (primary N) is 1. The maximum absolute atomic E-state index is 5.79. The van der Waals surface area contributed by atoms with Crippen molar-refractivity contribution in [3.05, 3.63) is 65.2 Å². The zero-order chi connectivity index (χ0) is 14.2. The molecule has 0 atom stereocenters. The first-order chi connectivity index (χ1) is 9.62. The molecule has 0 saturated carbocycles. The number of hydrogen-bond donors (Lipinski definition) is 1. The Morgan fingerprint density at radius 2 is 1.40 bits per heavy atom. The van der Waals surface area contributed by atoms with E-state index in [1.165, 1.54) is 16.7 Å². The van der Waals surface area contributed by atoms with E-state index in [2.05, 4.69) is 50.2 Å². The maximum atomic E-state index is 5.79. The summed E-state index contributed by atoms with van der Waals surface area (Å²) in [5, 5.41) is 0. The number of benzene rings is 2. The lowest BCUT2D eigenvalue weighted by molar-refractivity contribution is -0.0379. The molecule has 2 aromatic rings. The highest BCUT2D eigenvalue weighted by Crippen LogP contribution is 2.39. The molecule has 0 bridgehead atoms. The number of anilines is 1. The Morgan fingerprint density at radius 3 is 1.80 bits per heavy atom. The van der Waals surface area contributed by atoms with Crippen molar-refractivity contribution in [3.8, 4) is 0 Å². The summed E-state index contributed by atoms with van der Waals surface area (Å²) in [5.74, 6) is 0.564. The van der Waals surface area contributed by atoms with Gasteiger partial charge in [0.1, 0.15) is 0 Å². The van der Waals surface area contributed by atoms with Gasteiger partial charge in [0.05, 0.1) is 18.6 Å². The fourth-order valence-corrected chi connectivity index (χ4v) is 2.80. The van der Waals surface area contributed by atoms with E-state index in [9.17, 15) is 0 Å². The zero-order valence-electron chi connectivity index (χ0n) is 12.1. The van der Waals surface area contributed by atoms with Gasteiger partial charge in [-0.05, 0) is 34.7 Å². The molecule has 0 amide bonds. The minimum Gasteiger partial charge on any atom is -0.399 e. The van der Waals surface area contributed by atoms with Crippen molar-refractivity contribution in [1.82, 2.24) is 0 Å². The first kappa shape index (κ1) is 13.2. The van der Waals surface area contributed by atoms with Gasteiger partial charge in [-0.2, -0.15) is 0 Å². The van der Waals surface area contributed by atoms with Gasteiger partial charge in [-0.1, -0.05) is 50.2 Å². The summed E-state index contributed by atoms with van der Waals surface area (Å²) in [4.78, 5) is 0. The fourth-order valence-electron chi connectivity index (χ4n) is 2.80. The Balaban J connectivity index is 1.98. The monoisotopic (exact) mass is 267 g/mol. The first-order valence-electron chi connectivity index (χ1n) is 7.16. The summed E-state index contributed by atoms with van der Waals surface area (Å²) in [6, 6.07) is 17.1. The quantitative estimate of drug-likeness (QED) is 0.860. The molecule has 104 valence electrons. The predicted molar refractivity (Wildman–Crippen MR) is 83.0 cm³/mol. The molecule has 3 rings (SSSR count). The van der Waals surface area contributed by atoms with Gasteiger partial charge in [0.25, 0.3) is 0 Å². The summed E-state index contributed by atoms with van der Waals surface area (Å²) in [5.41, 5.74) is 10.6. The van der Waals surface area contributed by atoms with Gasteiger partial charge >= 0.3 is 0 Å². The van der Waals surface area contributed by atoms with Gasteiger partial charge in [0, 0.05) is 5.69 Å². The third kappa shape index (κ3) is 2.10. The van der Waals surface area contributed by atoms with Crippen molar-refractivity contribution >= 4 is 5.69 Å². The second-order valence-electron chi connectivity index (χ2n) is 5.97. The predicted octanol–water partition coefficient (Wildman–Crippen LogP) is 3.71. The highest BCUT2D eigenvalue weighted by atomic mass is 16.5. The summed E-state index contributed by atoms with van der Waals surface area (Å²) < 4.78 is 5.52. The van der Waals surface area contributed by atoms with Gasteiger partial charge in [-0.15, -0.1) is 0 Å². The molecule has 0 spiro atoms. The van der Waals surface area contributed by atoms with E-state index in [4.69, 9.17) is 10.5 Å². The minimum atomic E-state index is 0.00318. The largest absolute Gasteiger partial charge is 0.399 e. The SMILES string of the molecule is CC(C)c1ccc(C2(c3ccc(N)cc3)COC2)cc1. The van der Waals surface area contributed by atoms with E-state index >= 15 is 0 Å². The molecular weight excluding hydrogens is 246 g/mol. The maximum Gasteiger partial charge on any atom is 0.0669 e. The van der Waals surface area contributed by atoms with Crippen LogP contribution in [0.25, 0.3) is 0 Å². The number of rotatable bonds is 3. The Labute approximate surface area is 120 Å². The first-order valence-corrected chi connectivity index (χ1v) is 7.16. The van der Waals surface area contributed by atoms with Gasteiger partial charge < -0.3 is 10.5 Å². The molecule has 0 aromatic heterocycles. The van der Waals surface area contributed by atoms with Crippen LogP contribution >= 0.6 is 0 Å². The van der Waals surface area contributed by atoms with Crippen LogP contribution in [0.15, 0.2) is 48.5 Å². The van der Waals surface area contributed by atoms with Crippen LogP contribution in [-0.2, 0) is 10.2 Å². The van der Waals surface area contributed by atoms with Crippen LogP contribution in [0.2, 0.25) is 0 Å². The van der Waals surface area contributed by atoms with Crippen LogP contribution in [-0.4, -0.2) is 13.2 Å². The summed E-state index contributed by atoms with van der Waals surface area (Å²) in [7, 11) is 0. The standard InChI is InChI=1S/C18H21NO/c1-13(2)14-3-5-15(6-4-14)18(11-20-12-18)16-7-9-17(19)10-8-16/h3-10,13H,11-12,19H2,1-2H3. The van der Waals surface area contributed by atoms with Crippen LogP contribution in [0.3, 0.4) is 0 Å².